The third kappa shape index (κ3) is 10.1. The standard InChI is InChI=1S/C14H12O3.C6H6.C3H5NO/c15-12-5-3-10(4-6-12)1-2-11-7-13(16)9-14(17)8-11;1-2-4-6-5-3-1;1-2-3(4)5/h1-9,15-17H;1-6H;2H,1H2,(H2,4,5). The molecule has 1 amide bonds. The fourth-order valence-corrected chi connectivity index (χ4v) is 1.88. The van der Waals surface area contributed by atoms with E-state index < -0.39 is 5.91 Å². The molecule has 0 aromatic heterocycles. The van der Waals surface area contributed by atoms with Gasteiger partial charge < -0.3 is 21.1 Å². The molecule has 0 atom stereocenters. The van der Waals surface area contributed by atoms with Crippen LogP contribution in [0, 0.1) is 0 Å². The molecular weight excluding hydrogens is 354 g/mol. The fraction of sp³-hybridized carbons (Fsp3) is 0. The third-order valence-electron chi connectivity index (χ3n) is 3.15. The smallest absolute Gasteiger partial charge is 0.240 e. The summed E-state index contributed by atoms with van der Waals surface area (Å²) in [5.41, 5.74) is 6.16. The quantitative estimate of drug-likeness (QED) is 0.403. The second-order valence-electron chi connectivity index (χ2n) is 5.47. The van der Waals surface area contributed by atoms with Crippen LogP contribution < -0.4 is 5.73 Å². The number of amides is 1. The Hall–Kier alpha value is -3.99. The van der Waals surface area contributed by atoms with Crippen LogP contribution in [0.25, 0.3) is 12.2 Å². The van der Waals surface area contributed by atoms with Crippen molar-refractivity contribution >= 4 is 18.1 Å². The van der Waals surface area contributed by atoms with Crippen LogP contribution in [-0.2, 0) is 4.79 Å². The lowest BCUT2D eigenvalue weighted by molar-refractivity contribution is -0.113. The lowest BCUT2D eigenvalue weighted by Gasteiger charge is -1.98. The van der Waals surface area contributed by atoms with Gasteiger partial charge >= 0.3 is 0 Å². The zero-order valence-corrected chi connectivity index (χ0v) is 15.3. The van der Waals surface area contributed by atoms with Gasteiger partial charge in [-0.05, 0) is 41.5 Å². The molecule has 3 aromatic rings. The number of benzene rings is 3. The molecule has 0 radical (unpaired) electrons. The Morgan fingerprint density at radius 2 is 1.11 bits per heavy atom. The number of primary amides is 1. The molecule has 3 rings (SSSR count). The van der Waals surface area contributed by atoms with Gasteiger partial charge in [0.05, 0.1) is 0 Å². The largest absolute Gasteiger partial charge is 0.508 e. The number of nitrogens with two attached hydrogens (primary N) is 1. The van der Waals surface area contributed by atoms with Crippen LogP contribution >= 0.6 is 0 Å². The van der Waals surface area contributed by atoms with Gasteiger partial charge in [-0.3, -0.25) is 4.79 Å². The van der Waals surface area contributed by atoms with Crippen molar-refractivity contribution in [2.45, 2.75) is 0 Å². The molecular formula is C23H23NO4. The number of carbonyl (C=O) groups excluding carboxylic acids is 1. The van der Waals surface area contributed by atoms with E-state index in [9.17, 15) is 15.0 Å². The molecule has 0 saturated carbocycles. The highest BCUT2D eigenvalue weighted by molar-refractivity contribution is 5.85. The fourth-order valence-electron chi connectivity index (χ4n) is 1.88. The van der Waals surface area contributed by atoms with Gasteiger partial charge in [-0.2, -0.15) is 0 Å². The molecule has 28 heavy (non-hydrogen) atoms. The Morgan fingerprint density at radius 3 is 1.50 bits per heavy atom. The van der Waals surface area contributed by atoms with Crippen molar-refractivity contribution in [3.63, 3.8) is 0 Å². The first kappa shape index (κ1) is 22.1. The van der Waals surface area contributed by atoms with Crippen molar-refractivity contribution in [3.8, 4) is 17.2 Å². The average molecular weight is 377 g/mol. The van der Waals surface area contributed by atoms with Gasteiger partial charge in [-0.15, -0.1) is 0 Å². The first-order valence-electron chi connectivity index (χ1n) is 8.32. The van der Waals surface area contributed by atoms with Crippen molar-refractivity contribution < 1.29 is 20.1 Å². The zero-order valence-electron chi connectivity index (χ0n) is 15.3. The van der Waals surface area contributed by atoms with Gasteiger partial charge in [0, 0.05) is 6.07 Å². The van der Waals surface area contributed by atoms with Gasteiger partial charge in [-0.1, -0.05) is 67.3 Å². The Morgan fingerprint density at radius 1 is 0.714 bits per heavy atom. The molecule has 0 spiro atoms. The van der Waals surface area contributed by atoms with Gasteiger partial charge in [0.2, 0.25) is 5.91 Å². The van der Waals surface area contributed by atoms with E-state index in [1.54, 1.807) is 42.5 Å². The minimum Gasteiger partial charge on any atom is -0.508 e. The van der Waals surface area contributed by atoms with Crippen LogP contribution in [0.15, 0.2) is 91.5 Å². The van der Waals surface area contributed by atoms with Gasteiger partial charge in [0.25, 0.3) is 0 Å². The lowest BCUT2D eigenvalue weighted by Crippen LogP contribution is -2.04. The van der Waals surface area contributed by atoms with E-state index in [1.807, 2.05) is 42.5 Å². The summed E-state index contributed by atoms with van der Waals surface area (Å²) in [6, 6.07) is 23.1. The second kappa shape index (κ2) is 12.4. The first-order valence-corrected chi connectivity index (χ1v) is 8.32. The molecule has 0 bridgehead atoms. The third-order valence-corrected chi connectivity index (χ3v) is 3.15. The number of hydrogen-bond acceptors (Lipinski definition) is 4. The van der Waals surface area contributed by atoms with Crippen LogP contribution in [0.4, 0.5) is 0 Å². The predicted octanol–water partition coefficient (Wildman–Crippen LogP) is 4.32. The van der Waals surface area contributed by atoms with Crippen LogP contribution in [0.2, 0.25) is 0 Å². The maximum Gasteiger partial charge on any atom is 0.240 e. The molecule has 0 saturated heterocycles. The molecule has 0 fully saturated rings. The van der Waals surface area contributed by atoms with Crippen LogP contribution in [-0.4, -0.2) is 21.2 Å². The first-order chi connectivity index (χ1) is 13.4. The van der Waals surface area contributed by atoms with Crippen molar-refractivity contribution in [1.29, 1.82) is 0 Å². The molecule has 0 aliphatic carbocycles. The maximum atomic E-state index is 9.47. The van der Waals surface area contributed by atoms with Crippen LogP contribution in [0.3, 0.4) is 0 Å². The maximum absolute atomic E-state index is 9.47. The molecule has 0 unspecified atom stereocenters. The van der Waals surface area contributed by atoms with Crippen molar-refractivity contribution in [2.24, 2.45) is 5.73 Å². The van der Waals surface area contributed by atoms with Crippen molar-refractivity contribution in [1.82, 2.24) is 0 Å². The van der Waals surface area contributed by atoms with Crippen molar-refractivity contribution in [2.75, 3.05) is 0 Å². The van der Waals surface area contributed by atoms with E-state index in [2.05, 4.69) is 12.3 Å². The number of hydrogen-bond donors (Lipinski definition) is 4. The summed E-state index contributed by atoms with van der Waals surface area (Å²) < 4.78 is 0. The normalized spacial score (nSPS) is 9.43. The Balaban J connectivity index is 0.000000292. The zero-order chi connectivity index (χ0) is 20.8. The number of phenols is 3. The topological polar surface area (TPSA) is 104 Å². The van der Waals surface area contributed by atoms with E-state index in [-0.39, 0.29) is 17.2 Å². The number of aromatic hydroxyl groups is 3. The summed E-state index contributed by atoms with van der Waals surface area (Å²) in [6.07, 6.45) is 4.65. The van der Waals surface area contributed by atoms with Gasteiger partial charge in [0.1, 0.15) is 17.2 Å². The van der Waals surface area contributed by atoms with E-state index in [1.165, 1.54) is 6.07 Å². The molecule has 144 valence electrons. The number of rotatable bonds is 3. The average Bonchev–Trinajstić information content (AvgIpc) is 2.69. The SMILES string of the molecule is C=CC(N)=O.Oc1ccc(C=Cc2cc(O)cc(O)c2)cc1.c1ccccc1. The highest BCUT2D eigenvalue weighted by Crippen LogP contribution is 2.22. The summed E-state index contributed by atoms with van der Waals surface area (Å²) in [5.74, 6) is -0.215. The minimum atomic E-state index is -0.481. The molecule has 5 heteroatoms. The van der Waals surface area contributed by atoms with Crippen molar-refractivity contribution in [3.05, 3.63) is 103 Å². The Labute approximate surface area is 164 Å². The summed E-state index contributed by atoms with van der Waals surface area (Å²) in [4.78, 5) is 9.47. The second-order valence-corrected chi connectivity index (χ2v) is 5.47. The molecule has 0 heterocycles. The molecule has 0 aliphatic rings. The molecule has 0 aliphatic heterocycles. The highest BCUT2D eigenvalue weighted by Gasteiger charge is 1.95. The Bertz CT molecular complexity index is 841. The van der Waals surface area contributed by atoms with Gasteiger partial charge in [-0.25, -0.2) is 0 Å². The monoisotopic (exact) mass is 377 g/mol. The van der Waals surface area contributed by atoms with E-state index >= 15 is 0 Å². The lowest BCUT2D eigenvalue weighted by atomic mass is 10.1. The van der Waals surface area contributed by atoms with E-state index in [0.717, 1.165) is 11.6 Å². The molecule has 5 N–H and O–H groups in total. The van der Waals surface area contributed by atoms with Gasteiger partial charge in [0.15, 0.2) is 0 Å². The predicted molar refractivity (Wildman–Crippen MR) is 113 cm³/mol. The minimum absolute atomic E-state index is 0.0235. The van der Waals surface area contributed by atoms with E-state index in [0.29, 0.717) is 5.56 Å². The molecule has 3 aromatic carbocycles. The summed E-state index contributed by atoms with van der Waals surface area (Å²) in [7, 11) is 0. The number of carbonyl (C=O) groups is 1. The van der Waals surface area contributed by atoms with Crippen LogP contribution in [0.1, 0.15) is 11.1 Å². The number of phenolic OH excluding ortho intramolecular Hbond substituents is 3. The summed E-state index contributed by atoms with van der Waals surface area (Å²) in [5, 5.41) is 27.7. The highest BCUT2D eigenvalue weighted by atomic mass is 16.3. The van der Waals surface area contributed by atoms with E-state index in [4.69, 9.17) is 5.11 Å². The summed E-state index contributed by atoms with van der Waals surface area (Å²) >= 11 is 0. The summed E-state index contributed by atoms with van der Waals surface area (Å²) in [6.45, 7) is 3.09. The van der Waals surface area contributed by atoms with Crippen LogP contribution in [0.5, 0.6) is 17.2 Å². The Kier molecular flexibility index (Phi) is 9.75. The molecule has 5 nitrogen and oxygen atoms in total.